The monoisotopic (exact) mass is 529 g/mol. The Kier molecular flexibility index (Phi) is 8.63. The maximum absolute atomic E-state index is 13.7. The fourth-order valence-corrected chi connectivity index (χ4v) is 4.94. The minimum absolute atomic E-state index is 0.0177. The Bertz CT molecular complexity index is 1270. The lowest BCUT2D eigenvalue weighted by Crippen LogP contribution is -2.23. The van der Waals surface area contributed by atoms with Gasteiger partial charge in [-0.2, -0.15) is 0 Å². The summed E-state index contributed by atoms with van der Waals surface area (Å²) in [5.74, 6) is 0.220. The van der Waals surface area contributed by atoms with Crippen LogP contribution in [0.5, 0.6) is 17.2 Å². The summed E-state index contributed by atoms with van der Waals surface area (Å²) in [5, 5.41) is 20.1. The number of benzene rings is 2. The van der Waals surface area contributed by atoms with Gasteiger partial charge in [-0.1, -0.05) is 11.6 Å². The molecule has 3 atom stereocenters. The van der Waals surface area contributed by atoms with Gasteiger partial charge in [0, 0.05) is 29.2 Å². The molecule has 3 aromatic rings. The summed E-state index contributed by atoms with van der Waals surface area (Å²) >= 11 is 5.98. The maximum Gasteiger partial charge on any atom is 0.163 e. The minimum atomic E-state index is -0.761. The average molecular weight is 530 g/mol. The van der Waals surface area contributed by atoms with E-state index in [2.05, 4.69) is 0 Å². The van der Waals surface area contributed by atoms with Crippen LogP contribution in [0.1, 0.15) is 41.2 Å². The highest BCUT2D eigenvalue weighted by Crippen LogP contribution is 2.42. The van der Waals surface area contributed by atoms with Crippen molar-refractivity contribution in [1.82, 2.24) is 4.98 Å². The van der Waals surface area contributed by atoms with E-state index in [-0.39, 0.29) is 42.3 Å². The highest BCUT2D eigenvalue weighted by molar-refractivity contribution is 6.31. The Hall–Kier alpha value is -3.20. The molecular formula is C28H29ClFNO6. The Morgan fingerprint density at radius 2 is 1.81 bits per heavy atom. The smallest absolute Gasteiger partial charge is 0.163 e. The lowest BCUT2D eigenvalue weighted by molar-refractivity contribution is 0.0833. The van der Waals surface area contributed by atoms with Crippen LogP contribution in [0.25, 0.3) is 11.3 Å². The predicted molar refractivity (Wildman–Crippen MR) is 137 cm³/mol. The van der Waals surface area contributed by atoms with Crippen LogP contribution in [-0.2, 0) is 0 Å². The van der Waals surface area contributed by atoms with E-state index >= 15 is 0 Å². The fraction of sp³-hybridized carbons (Fsp3) is 0.357. The van der Waals surface area contributed by atoms with Crippen molar-refractivity contribution in [1.29, 1.82) is 0 Å². The lowest BCUT2D eigenvalue weighted by atomic mass is 9.92. The molecule has 0 amide bonds. The number of carbonyl (C=O) groups excluding carboxylic acids is 1. The van der Waals surface area contributed by atoms with Gasteiger partial charge in [0.15, 0.2) is 17.3 Å². The van der Waals surface area contributed by atoms with Gasteiger partial charge in [-0.25, -0.2) is 9.37 Å². The van der Waals surface area contributed by atoms with Gasteiger partial charge in [0.05, 0.1) is 32.0 Å². The lowest BCUT2D eigenvalue weighted by Gasteiger charge is -2.20. The van der Waals surface area contributed by atoms with Gasteiger partial charge in [-0.3, -0.25) is 4.79 Å². The van der Waals surface area contributed by atoms with Crippen LogP contribution in [0.3, 0.4) is 0 Å². The second kappa shape index (κ2) is 11.9. The Morgan fingerprint density at radius 1 is 1.05 bits per heavy atom. The number of rotatable bonds is 10. The van der Waals surface area contributed by atoms with Crippen molar-refractivity contribution >= 4 is 17.4 Å². The van der Waals surface area contributed by atoms with E-state index in [1.165, 1.54) is 26.4 Å². The molecule has 2 aromatic carbocycles. The second-order valence-electron chi connectivity index (χ2n) is 8.92. The molecule has 2 N–H and O–H groups in total. The van der Waals surface area contributed by atoms with Crippen LogP contribution in [0.15, 0.2) is 48.5 Å². The summed E-state index contributed by atoms with van der Waals surface area (Å²) in [6.45, 7) is -0.0125. The number of aliphatic hydroxyl groups excluding tert-OH is 2. The van der Waals surface area contributed by atoms with Crippen molar-refractivity contribution in [2.45, 2.75) is 31.3 Å². The van der Waals surface area contributed by atoms with E-state index in [4.69, 9.17) is 35.9 Å². The summed E-state index contributed by atoms with van der Waals surface area (Å²) < 4.78 is 29.9. The maximum atomic E-state index is 13.7. The quantitative estimate of drug-likeness (QED) is 0.354. The van der Waals surface area contributed by atoms with E-state index in [9.17, 15) is 14.3 Å². The number of nitrogens with zero attached hydrogens (tertiary/aromatic N) is 1. The van der Waals surface area contributed by atoms with E-state index < -0.39 is 11.9 Å². The van der Waals surface area contributed by atoms with Crippen LogP contribution in [0.2, 0.25) is 5.02 Å². The summed E-state index contributed by atoms with van der Waals surface area (Å²) in [6, 6.07) is 12.8. The van der Waals surface area contributed by atoms with Crippen LogP contribution in [0, 0.1) is 11.7 Å². The van der Waals surface area contributed by atoms with Crippen molar-refractivity contribution in [3.63, 3.8) is 0 Å². The number of pyridine rings is 1. The third kappa shape index (κ3) is 5.87. The molecule has 1 saturated carbocycles. The molecule has 1 aliphatic carbocycles. The van der Waals surface area contributed by atoms with Gasteiger partial charge < -0.3 is 24.4 Å². The van der Waals surface area contributed by atoms with Gasteiger partial charge in [-0.15, -0.1) is 0 Å². The molecule has 196 valence electrons. The number of carbonyl (C=O) groups is 1. The number of aromatic nitrogens is 1. The van der Waals surface area contributed by atoms with E-state index in [0.717, 1.165) is 0 Å². The zero-order valence-electron chi connectivity index (χ0n) is 20.6. The molecule has 4 rings (SSSR count). The summed E-state index contributed by atoms with van der Waals surface area (Å²) in [7, 11) is 3.01. The fourth-order valence-electron chi connectivity index (χ4n) is 4.76. The normalized spacial score (nSPS) is 19.0. The first-order valence-corrected chi connectivity index (χ1v) is 12.4. The largest absolute Gasteiger partial charge is 0.494 e. The molecule has 1 aliphatic rings. The van der Waals surface area contributed by atoms with Crippen LogP contribution >= 0.6 is 11.6 Å². The van der Waals surface area contributed by atoms with Gasteiger partial charge in [0.25, 0.3) is 0 Å². The van der Waals surface area contributed by atoms with Crippen molar-refractivity contribution in [3.8, 4) is 28.5 Å². The number of hydrogen-bond donors (Lipinski definition) is 2. The first kappa shape index (κ1) is 26.9. The summed E-state index contributed by atoms with van der Waals surface area (Å²) in [5.41, 5.74) is 2.24. The van der Waals surface area contributed by atoms with Crippen LogP contribution < -0.4 is 14.2 Å². The number of ether oxygens (including phenoxy) is 3. The third-order valence-electron chi connectivity index (χ3n) is 6.70. The average Bonchev–Trinajstić information content (AvgIpc) is 3.28. The molecule has 0 bridgehead atoms. The molecule has 37 heavy (non-hydrogen) atoms. The molecule has 1 heterocycles. The highest BCUT2D eigenvalue weighted by Gasteiger charge is 2.38. The molecule has 0 saturated heterocycles. The highest BCUT2D eigenvalue weighted by atomic mass is 35.5. The molecule has 9 heteroatoms. The summed E-state index contributed by atoms with van der Waals surface area (Å²) in [6.07, 6.45) is 0.745. The first-order valence-electron chi connectivity index (χ1n) is 12.0. The second-order valence-corrected chi connectivity index (χ2v) is 9.32. The number of ketones is 1. The standard InChI is InChI=1S/C28H29ClFNO6/c1-35-25-10-8-22(31-27(25)17-4-7-21(30)20(29)13-17)19-6-3-18(28(19)34)14-23(33)16-5-9-24(37-12-11-32)26(15-16)36-2/h4-5,7-10,13,15,18-19,28,32,34H,3,6,11-12,14H2,1-2H3/t18-,19?,28+/m0/s1. The molecule has 7 nitrogen and oxygen atoms in total. The Balaban J connectivity index is 1.51. The zero-order chi connectivity index (χ0) is 26.5. The van der Waals surface area contributed by atoms with Gasteiger partial charge >= 0.3 is 0 Å². The minimum Gasteiger partial charge on any atom is -0.494 e. The van der Waals surface area contributed by atoms with Gasteiger partial charge in [-0.05, 0) is 67.3 Å². The van der Waals surface area contributed by atoms with E-state index in [1.54, 1.807) is 30.3 Å². The SMILES string of the molecule is COc1cc(C(=O)C[C@@H]2CCC(c3ccc(OC)c(-c4ccc(F)c(Cl)c4)n3)[C@@H]2O)ccc1OCCO. The third-order valence-corrected chi connectivity index (χ3v) is 6.99. The predicted octanol–water partition coefficient (Wildman–Crippen LogP) is 5.06. The molecule has 0 spiro atoms. The molecule has 1 fully saturated rings. The topological polar surface area (TPSA) is 98.1 Å². The van der Waals surface area contributed by atoms with Crippen molar-refractivity contribution in [3.05, 3.63) is 70.6 Å². The number of aliphatic hydroxyl groups is 2. The van der Waals surface area contributed by atoms with Gasteiger partial charge in [0.1, 0.15) is 23.9 Å². The van der Waals surface area contributed by atoms with Crippen molar-refractivity contribution in [2.24, 2.45) is 5.92 Å². The van der Waals surface area contributed by atoms with E-state index in [0.29, 0.717) is 52.6 Å². The molecular weight excluding hydrogens is 501 g/mol. The van der Waals surface area contributed by atoms with Crippen LogP contribution in [-0.4, -0.2) is 54.5 Å². The number of Topliss-reactive ketones (excluding diaryl/α,β-unsaturated/α-hetero) is 1. The summed E-state index contributed by atoms with van der Waals surface area (Å²) in [4.78, 5) is 17.8. The Labute approximate surface area is 219 Å². The van der Waals surface area contributed by atoms with Crippen LogP contribution in [0.4, 0.5) is 4.39 Å². The Morgan fingerprint density at radius 3 is 2.51 bits per heavy atom. The molecule has 0 radical (unpaired) electrons. The molecule has 1 unspecified atom stereocenters. The zero-order valence-corrected chi connectivity index (χ0v) is 21.4. The van der Waals surface area contributed by atoms with Crippen molar-refractivity contribution < 1.29 is 33.6 Å². The number of halogens is 2. The molecule has 0 aliphatic heterocycles. The molecule has 1 aromatic heterocycles. The first-order chi connectivity index (χ1) is 17.9. The number of hydrogen-bond acceptors (Lipinski definition) is 7. The van der Waals surface area contributed by atoms with E-state index in [1.807, 2.05) is 6.07 Å². The number of methoxy groups -OCH3 is 2. The van der Waals surface area contributed by atoms with Crippen molar-refractivity contribution in [2.75, 3.05) is 27.4 Å². The van der Waals surface area contributed by atoms with Gasteiger partial charge in [0.2, 0.25) is 0 Å².